The Bertz CT molecular complexity index is 299. The first-order valence-electron chi connectivity index (χ1n) is 5.03. The third-order valence-electron chi connectivity index (χ3n) is 2.65. The normalized spacial score (nSPS) is 12.1. The second kappa shape index (κ2) is 4.09. The minimum absolute atomic E-state index is 0.198. The van der Waals surface area contributed by atoms with Crippen LogP contribution in [0.3, 0.4) is 0 Å². The van der Waals surface area contributed by atoms with Crippen LogP contribution >= 0.6 is 0 Å². The molecule has 0 aliphatic rings. The summed E-state index contributed by atoms with van der Waals surface area (Å²) in [6.07, 6.45) is 1.86. The SMILES string of the molecule is Cc1cccnc1CN(C)C(C)(C)C. The topological polar surface area (TPSA) is 16.1 Å². The summed E-state index contributed by atoms with van der Waals surface area (Å²) in [6, 6.07) is 4.09. The van der Waals surface area contributed by atoms with Gasteiger partial charge in [0.15, 0.2) is 0 Å². The van der Waals surface area contributed by atoms with Crippen molar-refractivity contribution in [3.63, 3.8) is 0 Å². The average Bonchev–Trinajstić information content (AvgIpc) is 2.07. The van der Waals surface area contributed by atoms with Crippen LogP contribution in [0.5, 0.6) is 0 Å². The Labute approximate surface area is 87.0 Å². The molecular weight excluding hydrogens is 172 g/mol. The molecule has 0 spiro atoms. The Morgan fingerprint density at radius 1 is 1.36 bits per heavy atom. The third kappa shape index (κ3) is 2.81. The molecule has 0 N–H and O–H groups in total. The number of rotatable bonds is 2. The Kier molecular flexibility index (Phi) is 3.27. The number of aryl methyl sites for hydroxylation is 1. The van der Waals surface area contributed by atoms with Crippen molar-refractivity contribution in [3.05, 3.63) is 29.6 Å². The molecule has 0 amide bonds. The number of nitrogens with zero attached hydrogens (tertiary/aromatic N) is 2. The summed E-state index contributed by atoms with van der Waals surface area (Å²) in [5, 5.41) is 0. The monoisotopic (exact) mass is 192 g/mol. The van der Waals surface area contributed by atoms with E-state index in [1.807, 2.05) is 12.3 Å². The molecule has 0 aromatic carbocycles. The summed E-state index contributed by atoms with van der Waals surface area (Å²) in [6.45, 7) is 9.66. The lowest BCUT2D eigenvalue weighted by molar-refractivity contribution is 0.165. The van der Waals surface area contributed by atoms with Crippen molar-refractivity contribution in [2.75, 3.05) is 7.05 Å². The van der Waals surface area contributed by atoms with Crippen LogP contribution in [0.2, 0.25) is 0 Å². The van der Waals surface area contributed by atoms with Gasteiger partial charge in [-0.15, -0.1) is 0 Å². The molecule has 0 atom stereocenters. The molecule has 0 bridgehead atoms. The third-order valence-corrected chi connectivity index (χ3v) is 2.65. The maximum Gasteiger partial charge on any atom is 0.0573 e. The van der Waals surface area contributed by atoms with Gasteiger partial charge in [0.05, 0.1) is 5.69 Å². The van der Waals surface area contributed by atoms with Crippen LogP contribution in [0.1, 0.15) is 32.0 Å². The standard InChI is InChI=1S/C12H20N2/c1-10-7-6-8-13-11(10)9-14(5)12(2,3)4/h6-8H,9H2,1-5H3. The highest BCUT2D eigenvalue weighted by Gasteiger charge is 2.17. The van der Waals surface area contributed by atoms with E-state index in [1.165, 1.54) is 11.3 Å². The number of hydrogen-bond acceptors (Lipinski definition) is 2. The van der Waals surface area contributed by atoms with Crippen LogP contribution in [0, 0.1) is 6.92 Å². The quantitative estimate of drug-likeness (QED) is 0.716. The lowest BCUT2D eigenvalue weighted by atomic mass is 10.1. The first kappa shape index (κ1) is 11.2. The van der Waals surface area contributed by atoms with Crippen LogP contribution in [-0.4, -0.2) is 22.5 Å². The molecule has 0 saturated heterocycles. The van der Waals surface area contributed by atoms with Gasteiger partial charge in [-0.2, -0.15) is 0 Å². The van der Waals surface area contributed by atoms with E-state index in [2.05, 4.69) is 50.7 Å². The maximum atomic E-state index is 4.39. The van der Waals surface area contributed by atoms with Gasteiger partial charge in [-0.25, -0.2) is 0 Å². The van der Waals surface area contributed by atoms with E-state index in [0.29, 0.717) is 0 Å². The van der Waals surface area contributed by atoms with Crippen LogP contribution in [0.15, 0.2) is 18.3 Å². The van der Waals surface area contributed by atoms with Gasteiger partial charge in [0.1, 0.15) is 0 Å². The minimum Gasteiger partial charge on any atom is -0.296 e. The highest BCUT2D eigenvalue weighted by Crippen LogP contribution is 2.15. The van der Waals surface area contributed by atoms with Gasteiger partial charge < -0.3 is 0 Å². The smallest absolute Gasteiger partial charge is 0.0573 e. The Morgan fingerprint density at radius 3 is 2.50 bits per heavy atom. The predicted octanol–water partition coefficient (Wildman–Crippen LogP) is 2.62. The molecule has 0 aliphatic carbocycles. The van der Waals surface area contributed by atoms with Crippen molar-refractivity contribution in [1.29, 1.82) is 0 Å². The summed E-state index contributed by atoms with van der Waals surface area (Å²) in [4.78, 5) is 6.70. The number of hydrogen-bond donors (Lipinski definition) is 0. The van der Waals surface area contributed by atoms with E-state index in [9.17, 15) is 0 Å². The van der Waals surface area contributed by atoms with E-state index in [4.69, 9.17) is 0 Å². The highest BCUT2D eigenvalue weighted by atomic mass is 15.2. The summed E-state index contributed by atoms with van der Waals surface area (Å²) in [5.41, 5.74) is 2.64. The molecule has 2 heteroatoms. The van der Waals surface area contributed by atoms with Gasteiger partial charge in [0.25, 0.3) is 0 Å². The van der Waals surface area contributed by atoms with Crippen molar-refractivity contribution in [1.82, 2.24) is 9.88 Å². The fourth-order valence-electron chi connectivity index (χ4n) is 1.15. The van der Waals surface area contributed by atoms with E-state index in [1.54, 1.807) is 0 Å². The molecule has 0 radical (unpaired) electrons. The van der Waals surface area contributed by atoms with Gasteiger partial charge in [0.2, 0.25) is 0 Å². The highest BCUT2D eigenvalue weighted by molar-refractivity contribution is 5.17. The summed E-state index contributed by atoms with van der Waals surface area (Å²) < 4.78 is 0. The van der Waals surface area contributed by atoms with Crippen molar-refractivity contribution in [2.24, 2.45) is 0 Å². The maximum absolute atomic E-state index is 4.39. The van der Waals surface area contributed by atoms with Crippen molar-refractivity contribution < 1.29 is 0 Å². The lowest BCUT2D eigenvalue weighted by Crippen LogP contribution is -2.37. The van der Waals surface area contributed by atoms with E-state index in [-0.39, 0.29) is 5.54 Å². The van der Waals surface area contributed by atoms with Gasteiger partial charge in [-0.3, -0.25) is 9.88 Å². The van der Waals surface area contributed by atoms with Gasteiger partial charge in [0, 0.05) is 18.3 Å². The number of pyridine rings is 1. The molecule has 78 valence electrons. The van der Waals surface area contributed by atoms with Crippen molar-refractivity contribution in [3.8, 4) is 0 Å². The molecular formula is C12H20N2. The zero-order valence-corrected chi connectivity index (χ0v) is 9.83. The molecule has 0 aliphatic heterocycles. The second-order valence-corrected chi connectivity index (χ2v) is 4.79. The van der Waals surface area contributed by atoms with Crippen LogP contribution in [0.25, 0.3) is 0 Å². The molecule has 0 unspecified atom stereocenters. The van der Waals surface area contributed by atoms with Gasteiger partial charge in [-0.05, 0) is 46.4 Å². The summed E-state index contributed by atoms with van der Waals surface area (Å²) in [5.74, 6) is 0. The van der Waals surface area contributed by atoms with Gasteiger partial charge in [-0.1, -0.05) is 6.07 Å². The molecule has 1 rings (SSSR count). The van der Waals surface area contributed by atoms with E-state index < -0.39 is 0 Å². The van der Waals surface area contributed by atoms with Gasteiger partial charge >= 0.3 is 0 Å². The zero-order chi connectivity index (χ0) is 10.8. The van der Waals surface area contributed by atoms with E-state index >= 15 is 0 Å². The second-order valence-electron chi connectivity index (χ2n) is 4.79. The summed E-state index contributed by atoms with van der Waals surface area (Å²) in [7, 11) is 2.13. The van der Waals surface area contributed by atoms with Crippen LogP contribution < -0.4 is 0 Å². The molecule has 2 nitrogen and oxygen atoms in total. The van der Waals surface area contributed by atoms with Crippen molar-refractivity contribution in [2.45, 2.75) is 39.8 Å². The molecule has 14 heavy (non-hydrogen) atoms. The Balaban J connectivity index is 2.75. The molecule has 1 heterocycles. The first-order valence-corrected chi connectivity index (χ1v) is 5.03. The molecule has 0 saturated carbocycles. The zero-order valence-electron chi connectivity index (χ0n) is 9.83. The Hall–Kier alpha value is -0.890. The molecule has 1 aromatic rings. The van der Waals surface area contributed by atoms with Crippen LogP contribution in [0.4, 0.5) is 0 Å². The fraction of sp³-hybridized carbons (Fsp3) is 0.583. The molecule has 0 fully saturated rings. The number of aromatic nitrogens is 1. The van der Waals surface area contributed by atoms with Crippen molar-refractivity contribution >= 4 is 0 Å². The fourth-order valence-corrected chi connectivity index (χ4v) is 1.15. The predicted molar refractivity (Wildman–Crippen MR) is 60.2 cm³/mol. The minimum atomic E-state index is 0.198. The summed E-state index contributed by atoms with van der Waals surface area (Å²) >= 11 is 0. The lowest BCUT2D eigenvalue weighted by Gasteiger charge is -2.31. The molecule has 1 aromatic heterocycles. The first-order chi connectivity index (χ1) is 6.41. The van der Waals surface area contributed by atoms with Crippen LogP contribution in [-0.2, 0) is 6.54 Å². The van der Waals surface area contributed by atoms with E-state index in [0.717, 1.165) is 6.54 Å². The average molecular weight is 192 g/mol. The Morgan fingerprint density at radius 2 is 2.00 bits per heavy atom. The largest absolute Gasteiger partial charge is 0.296 e.